The van der Waals surface area contributed by atoms with Gasteiger partial charge in [0.15, 0.2) is 0 Å². The Kier molecular flexibility index (Phi) is 10.3. The first-order valence-electron chi connectivity index (χ1n) is 28.5. The van der Waals surface area contributed by atoms with Gasteiger partial charge in [-0.05, 0) is 247 Å². The molecule has 0 bridgehead atoms. The lowest BCUT2D eigenvalue weighted by molar-refractivity contribution is 1.25. The Morgan fingerprint density at radius 1 is 0.190 bits per heavy atom. The van der Waals surface area contributed by atoms with E-state index in [1.54, 1.807) is 0 Å². The van der Waals surface area contributed by atoms with Crippen LogP contribution in [0.1, 0.15) is 66.8 Å². The van der Waals surface area contributed by atoms with E-state index in [0.717, 1.165) is 0 Å². The van der Waals surface area contributed by atoms with E-state index in [-0.39, 0.29) is 6.71 Å². The first-order valence-corrected chi connectivity index (χ1v) is 28.5. The predicted molar refractivity (Wildman–Crippen MR) is 348 cm³/mol. The van der Waals surface area contributed by atoms with E-state index in [1.165, 1.54) is 213 Å². The molecular formula is C78H63B. The molecule has 378 valence electrons. The van der Waals surface area contributed by atoms with Gasteiger partial charge in [0.25, 0.3) is 0 Å². The van der Waals surface area contributed by atoms with Crippen molar-refractivity contribution in [3.8, 4) is 33.4 Å². The first-order chi connectivity index (χ1) is 38.2. The van der Waals surface area contributed by atoms with Crippen LogP contribution in [0.3, 0.4) is 0 Å². The molecule has 0 amide bonds. The Morgan fingerprint density at radius 2 is 0.380 bits per heavy atom. The maximum Gasteiger partial charge on any atom is 0.243 e. The summed E-state index contributed by atoms with van der Waals surface area (Å²) in [5.74, 6) is 0. The third kappa shape index (κ3) is 6.39. The quantitative estimate of drug-likeness (QED) is 0.115. The van der Waals surface area contributed by atoms with Gasteiger partial charge in [-0.25, -0.2) is 0 Å². The number of benzene rings is 15. The molecule has 0 atom stereocenters. The highest BCUT2D eigenvalue weighted by atomic mass is 14.3. The molecule has 0 saturated heterocycles. The molecule has 0 radical (unpaired) electrons. The van der Waals surface area contributed by atoms with E-state index in [9.17, 15) is 0 Å². The van der Waals surface area contributed by atoms with Crippen LogP contribution in [0.15, 0.2) is 164 Å². The van der Waals surface area contributed by atoms with Crippen molar-refractivity contribution in [3.05, 3.63) is 231 Å². The second-order valence-electron chi connectivity index (χ2n) is 23.7. The summed E-state index contributed by atoms with van der Waals surface area (Å²) in [6.07, 6.45) is 0. The Morgan fingerprint density at radius 3 is 0.608 bits per heavy atom. The zero-order chi connectivity index (χ0) is 54.2. The standard InChI is InChI=1S/C78H63B/c1-40-46(7)76(47(8)41(2)67(40)61-34-31-58-25-22-52-16-13-19-55-28-37-64(61)73(58)70(52)55)79(77-48(9)42(3)68(43(4)49(77)10)62-35-32-59-26-23-53-17-14-20-56-29-38-65(62)74(59)71(53)56)78-50(11)44(5)69(45(6)51(78)12)63-36-33-60-27-24-54-18-15-21-57-30-39-66(63)75(60)72(54)57/h13-39H,1-12H3. The molecule has 0 aliphatic carbocycles. The predicted octanol–water partition coefficient (Wildman–Crippen LogP) is 19.6. The summed E-state index contributed by atoms with van der Waals surface area (Å²) in [5.41, 5.74) is 28.8. The normalized spacial score (nSPS) is 12.3. The Balaban J connectivity index is 1.00. The minimum Gasteiger partial charge on any atom is -0.0623 e. The molecule has 15 aromatic carbocycles. The lowest BCUT2D eigenvalue weighted by atomic mass is 9.32. The van der Waals surface area contributed by atoms with Crippen molar-refractivity contribution < 1.29 is 0 Å². The van der Waals surface area contributed by atoms with Gasteiger partial charge in [-0.15, -0.1) is 0 Å². The second-order valence-corrected chi connectivity index (χ2v) is 23.7. The summed E-state index contributed by atoms with van der Waals surface area (Å²) < 4.78 is 0. The summed E-state index contributed by atoms with van der Waals surface area (Å²) in [7, 11) is 0. The SMILES string of the molecule is Cc1c(C)c(-c2ccc3ccc4cccc5ccc2c3c45)c(C)c(C)c1B(c1c(C)c(C)c(-c2ccc3ccc4cccc5ccc2c3c45)c(C)c1C)c1c(C)c(C)c(-c2ccc3ccc4cccc5ccc2c3c45)c(C)c1C. The first kappa shape index (κ1) is 47.7. The molecule has 0 spiro atoms. The maximum absolute atomic E-state index is 2.44. The molecule has 0 saturated carbocycles. The van der Waals surface area contributed by atoms with Gasteiger partial charge in [-0.3, -0.25) is 0 Å². The zero-order valence-electron chi connectivity index (χ0n) is 47.7. The minimum absolute atomic E-state index is 0.0339. The van der Waals surface area contributed by atoms with Crippen molar-refractivity contribution in [1.29, 1.82) is 0 Å². The largest absolute Gasteiger partial charge is 0.243 e. The van der Waals surface area contributed by atoms with Crippen LogP contribution < -0.4 is 16.4 Å². The van der Waals surface area contributed by atoms with E-state index in [4.69, 9.17) is 0 Å². The topological polar surface area (TPSA) is 0 Å². The summed E-state index contributed by atoms with van der Waals surface area (Å²) in [6.45, 7) is 29.1. The van der Waals surface area contributed by atoms with Gasteiger partial charge < -0.3 is 0 Å². The maximum atomic E-state index is 2.44. The molecular weight excluding hydrogens is 948 g/mol. The van der Waals surface area contributed by atoms with Crippen LogP contribution in [-0.2, 0) is 0 Å². The molecule has 0 aromatic heterocycles. The van der Waals surface area contributed by atoms with Gasteiger partial charge in [-0.1, -0.05) is 214 Å². The third-order valence-electron chi connectivity index (χ3n) is 20.3. The van der Waals surface area contributed by atoms with Crippen LogP contribution in [0, 0.1) is 83.1 Å². The molecule has 0 aliphatic heterocycles. The monoisotopic (exact) mass is 1010 g/mol. The molecule has 15 aromatic rings. The molecule has 79 heavy (non-hydrogen) atoms. The van der Waals surface area contributed by atoms with E-state index < -0.39 is 0 Å². The van der Waals surface area contributed by atoms with Crippen LogP contribution in [-0.4, -0.2) is 6.71 Å². The van der Waals surface area contributed by atoms with Crippen LogP contribution in [0.4, 0.5) is 0 Å². The highest BCUT2D eigenvalue weighted by Crippen LogP contribution is 2.46. The summed E-state index contributed by atoms with van der Waals surface area (Å²) in [4.78, 5) is 0. The van der Waals surface area contributed by atoms with E-state index >= 15 is 0 Å². The molecule has 0 aliphatic rings. The zero-order valence-corrected chi connectivity index (χ0v) is 47.7. The van der Waals surface area contributed by atoms with Gasteiger partial charge in [0.05, 0.1) is 0 Å². The van der Waals surface area contributed by atoms with Crippen molar-refractivity contribution in [3.63, 3.8) is 0 Å². The Labute approximate surface area is 464 Å². The molecule has 0 heterocycles. The Hall–Kier alpha value is -8.52. The van der Waals surface area contributed by atoms with Gasteiger partial charge >= 0.3 is 0 Å². The summed E-state index contributed by atoms with van der Waals surface area (Å²) in [6, 6.07) is 62.5. The number of rotatable bonds is 6. The number of hydrogen-bond donors (Lipinski definition) is 0. The van der Waals surface area contributed by atoms with Crippen LogP contribution >= 0.6 is 0 Å². The average Bonchev–Trinajstić information content (AvgIpc) is 3.66. The molecule has 15 rings (SSSR count). The lowest BCUT2D eigenvalue weighted by Gasteiger charge is -2.33. The van der Waals surface area contributed by atoms with Crippen LogP contribution in [0.2, 0.25) is 0 Å². The second kappa shape index (κ2) is 17.0. The van der Waals surface area contributed by atoms with Crippen molar-refractivity contribution in [2.75, 3.05) is 0 Å². The van der Waals surface area contributed by atoms with Crippen molar-refractivity contribution in [2.24, 2.45) is 0 Å². The highest BCUT2D eigenvalue weighted by molar-refractivity contribution is 6.97. The fourth-order valence-corrected chi connectivity index (χ4v) is 15.8. The molecule has 0 fully saturated rings. The molecule has 1 heteroatoms. The van der Waals surface area contributed by atoms with E-state index in [2.05, 4.69) is 247 Å². The molecule has 0 nitrogen and oxygen atoms in total. The van der Waals surface area contributed by atoms with Crippen LogP contribution in [0.5, 0.6) is 0 Å². The average molecular weight is 1010 g/mol. The third-order valence-corrected chi connectivity index (χ3v) is 20.3. The minimum atomic E-state index is -0.0339. The van der Waals surface area contributed by atoms with Crippen molar-refractivity contribution in [1.82, 2.24) is 0 Å². The van der Waals surface area contributed by atoms with Crippen molar-refractivity contribution >= 4 is 120 Å². The Bertz CT molecular complexity index is 4490. The van der Waals surface area contributed by atoms with Crippen molar-refractivity contribution in [2.45, 2.75) is 83.1 Å². The van der Waals surface area contributed by atoms with Gasteiger partial charge in [0, 0.05) is 0 Å². The van der Waals surface area contributed by atoms with Gasteiger partial charge in [-0.2, -0.15) is 0 Å². The highest BCUT2D eigenvalue weighted by Gasteiger charge is 2.36. The van der Waals surface area contributed by atoms with E-state index in [1.807, 2.05) is 0 Å². The fraction of sp³-hybridized carbons (Fsp3) is 0.154. The molecule has 0 N–H and O–H groups in total. The molecule has 0 unspecified atom stereocenters. The lowest BCUT2D eigenvalue weighted by Crippen LogP contribution is -2.58. The van der Waals surface area contributed by atoms with Gasteiger partial charge in [0.1, 0.15) is 0 Å². The van der Waals surface area contributed by atoms with Gasteiger partial charge in [0.2, 0.25) is 6.71 Å². The van der Waals surface area contributed by atoms with Crippen LogP contribution in [0.25, 0.3) is 130 Å². The number of hydrogen-bond acceptors (Lipinski definition) is 0. The van der Waals surface area contributed by atoms with E-state index in [0.29, 0.717) is 0 Å². The summed E-state index contributed by atoms with van der Waals surface area (Å²) >= 11 is 0. The summed E-state index contributed by atoms with van der Waals surface area (Å²) in [5, 5.41) is 23.9. The smallest absolute Gasteiger partial charge is 0.0623 e. The fourth-order valence-electron chi connectivity index (χ4n) is 15.8.